The van der Waals surface area contributed by atoms with E-state index in [0.29, 0.717) is 22.1 Å². The second-order valence-electron chi connectivity index (χ2n) is 5.70. The molecule has 1 aromatic carbocycles. The number of nitrogens with one attached hydrogen (secondary N) is 1. The van der Waals surface area contributed by atoms with Gasteiger partial charge in [-0.15, -0.1) is 11.3 Å². The molecule has 1 aromatic heterocycles. The fourth-order valence-corrected chi connectivity index (χ4v) is 3.43. The molecule has 6 nitrogen and oxygen atoms in total. The maximum absolute atomic E-state index is 12.3. The highest BCUT2D eigenvalue weighted by atomic mass is 32.1. The minimum Gasteiger partial charge on any atom is -0.493 e. The van der Waals surface area contributed by atoms with E-state index < -0.39 is 5.97 Å². The molecule has 0 aliphatic rings. The van der Waals surface area contributed by atoms with Crippen molar-refractivity contribution in [3.8, 4) is 11.5 Å². The Balaban J connectivity index is 2.09. The van der Waals surface area contributed by atoms with E-state index in [-0.39, 0.29) is 19.1 Å². The lowest BCUT2D eigenvalue weighted by atomic mass is 10.1. The summed E-state index contributed by atoms with van der Waals surface area (Å²) in [7, 11) is 1.55. The lowest BCUT2D eigenvalue weighted by molar-refractivity contribution is -0.118. The van der Waals surface area contributed by atoms with Crippen LogP contribution in [-0.4, -0.2) is 32.2 Å². The Hall–Kier alpha value is -2.54. The number of esters is 1. The van der Waals surface area contributed by atoms with Crippen molar-refractivity contribution in [2.75, 3.05) is 25.6 Å². The topological polar surface area (TPSA) is 73.9 Å². The van der Waals surface area contributed by atoms with Crippen LogP contribution in [0, 0.1) is 20.8 Å². The second kappa shape index (κ2) is 8.71. The highest BCUT2D eigenvalue weighted by Crippen LogP contribution is 2.33. The standard InChI is InChI=1S/C19H23NO5S/c1-6-24-19(22)17-12(3)13(4)26-18(17)20-16(21)10-25-14-8-7-11(2)9-15(14)23-5/h7-9H,6,10H2,1-5H3,(H,20,21). The third kappa shape index (κ3) is 4.54. The molecule has 0 bridgehead atoms. The van der Waals surface area contributed by atoms with Crippen LogP contribution in [0.3, 0.4) is 0 Å². The first-order valence-electron chi connectivity index (χ1n) is 8.21. The van der Waals surface area contributed by atoms with E-state index in [1.807, 2.05) is 32.9 Å². The first-order valence-corrected chi connectivity index (χ1v) is 9.03. The van der Waals surface area contributed by atoms with Gasteiger partial charge in [0.1, 0.15) is 5.00 Å². The molecule has 2 rings (SSSR count). The van der Waals surface area contributed by atoms with Crippen LogP contribution in [0.4, 0.5) is 5.00 Å². The summed E-state index contributed by atoms with van der Waals surface area (Å²) in [5.74, 6) is 0.246. The second-order valence-corrected chi connectivity index (χ2v) is 6.92. The van der Waals surface area contributed by atoms with Crippen LogP contribution in [0.15, 0.2) is 18.2 Å². The number of carbonyl (C=O) groups is 2. The minimum atomic E-state index is -0.439. The molecular weight excluding hydrogens is 354 g/mol. The SMILES string of the molecule is CCOC(=O)c1c(NC(=O)COc2ccc(C)cc2OC)sc(C)c1C. The molecule has 0 fully saturated rings. The molecule has 26 heavy (non-hydrogen) atoms. The van der Waals surface area contributed by atoms with Gasteiger partial charge in [0.25, 0.3) is 5.91 Å². The average Bonchev–Trinajstić information content (AvgIpc) is 2.87. The van der Waals surface area contributed by atoms with Crippen LogP contribution in [0.25, 0.3) is 0 Å². The van der Waals surface area contributed by atoms with Crippen molar-refractivity contribution in [2.45, 2.75) is 27.7 Å². The number of methoxy groups -OCH3 is 1. The third-order valence-corrected chi connectivity index (χ3v) is 4.92. The Bertz CT molecular complexity index is 813. The summed E-state index contributed by atoms with van der Waals surface area (Å²) in [4.78, 5) is 25.4. The van der Waals surface area contributed by atoms with Crippen molar-refractivity contribution in [3.05, 3.63) is 39.8 Å². The monoisotopic (exact) mass is 377 g/mol. The summed E-state index contributed by atoms with van der Waals surface area (Å²) in [6.45, 7) is 7.49. The van der Waals surface area contributed by atoms with Crippen LogP contribution in [0.1, 0.15) is 33.3 Å². The Labute approximate surface area is 157 Å². The van der Waals surface area contributed by atoms with Crippen LogP contribution in [0.5, 0.6) is 11.5 Å². The summed E-state index contributed by atoms with van der Waals surface area (Å²) in [5.41, 5.74) is 2.24. The molecule has 7 heteroatoms. The number of carbonyl (C=O) groups excluding carboxylic acids is 2. The first kappa shape index (κ1) is 19.8. The number of hydrogen-bond donors (Lipinski definition) is 1. The van der Waals surface area contributed by atoms with Crippen molar-refractivity contribution < 1.29 is 23.8 Å². The summed E-state index contributed by atoms with van der Waals surface area (Å²) >= 11 is 1.34. The molecular formula is C19H23NO5S. The van der Waals surface area contributed by atoms with Crippen molar-refractivity contribution in [1.82, 2.24) is 0 Å². The smallest absolute Gasteiger partial charge is 0.341 e. The van der Waals surface area contributed by atoms with E-state index in [9.17, 15) is 9.59 Å². The number of aryl methyl sites for hydroxylation is 2. The minimum absolute atomic E-state index is 0.197. The van der Waals surface area contributed by atoms with Crippen molar-refractivity contribution in [2.24, 2.45) is 0 Å². The molecule has 0 saturated carbocycles. The van der Waals surface area contributed by atoms with Gasteiger partial charge in [-0.25, -0.2) is 4.79 Å². The van der Waals surface area contributed by atoms with E-state index in [4.69, 9.17) is 14.2 Å². The molecule has 1 heterocycles. The van der Waals surface area contributed by atoms with Gasteiger partial charge in [-0.1, -0.05) is 6.07 Å². The zero-order chi connectivity index (χ0) is 19.3. The summed E-state index contributed by atoms with van der Waals surface area (Å²) in [6, 6.07) is 5.46. The zero-order valence-electron chi connectivity index (χ0n) is 15.6. The third-order valence-electron chi connectivity index (χ3n) is 3.80. The van der Waals surface area contributed by atoms with Gasteiger partial charge < -0.3 is 19.5 Å². The summed E-state index contributed by atoms with van der Waals surface area (Å²) < 4.78 is 15.9. The highest BCUT2D eigenvalue weighted by Gasteiger charge is 2.22. The van der Waals surface area contributed by atoms with Crippen molar-refractivity contribution in [3.63, 3.8) is 0 Å². The molecule has 0 aliphatic heterocycles. The van der Waals surface area contributed by atoms with E-state index >= 15 is 0 Å². The summed E-state index contributed by atoms with van der Waals surface area (Å²) in [5, 5.41) is 3.22. The van der Waals surface area contributed by atoms with E-state index in [0.717, 1.165) is 16.0 Å². The number of thiophene rings is 1. The molecule has 140 valence electrons. The molecule has 0 atom stereocenters. The Morgan fingerprint density at radius 3 is 2.54 bits per heavy atom. The average molecular weight is 377 g/mol. The Morgan fingerprint density at radius 2 is 1.88 bits per heavy atom. The number of ether oxygens (including phenoxy) is 3. The molecule has 0 spiro atoms. The van der Waals surface area contributed by atoms with E-state index in [2.05, 4.69) is 5.32 Å². The molecule has 1 N–H and O–H groups in total. The zero-order valence-corrected chi connectivity index (χ0v) is 16.4. The van der Waals surface area contributed by atoms with E-state index in [1.165, 1.54) is 11.3 Å². The van der Waals surface area contributed by atoms with Crippen LogP contribution >= 0.6 is 11.3 Å². The lowest BCUT2D eigenvalue weighted by Crippen LogP contribution is -2.21. The molecule has 0 radical (unpaired) electrons. The van der Waals surface area contributed by atoms with Gasteiger partial charge in [0.15, 0.2) is 18.1 Å². The first-order chi connectivity index (χ1) is 12.4. The number of benzene rings is 1. The lowest BCUT2D eigenvalue weighted by Gasteiger charge is -2.11. The van der Waals surface area contributed by atoms with Crippen LogP contribution < -0.4 is 14.8 Å². The van der Waals surface area contributed by atoms with Gasteiger partial charge in [0, 0.05) is 4.88 Å². The predicted molar refractivity (Wildman–Crippen MR) is 102 cm³/mol. The number of amides is 1. The number of anilines is 1. The Kier molecular flexibility index (Phi) is 6.63. The normalized spacial score (nSPS) is 10.3. The maximum atomic E-state index is 12.3. The fraction of sp³-hybridized carbons (Fsp3) is 0.368. The highest BCUT2D eigenvalue weighted by molar-refractivity contribution is 7.16. The van der Waals surface area contributed by atoms with Gasteiger partial charge in [0.05, 0.1) is 19.3 Å². The quantitative estimate of drug-likeness (QED) is 0.742. The van der Waals surface area contributed by atoms with E-state index in [1.54, 1.807) is 20.1 Å². The molecule has 0 saturated heterocycles. The fourth-order valence-electron chi connectivity index (χ4n) is 2.36. The van der Waals surface area contributed by atoms with Crippen LogP contribution in [0.2, 0.25) is 0 Å². The van der Waals surface area contributed by atoms with Gasteiger partial charge in [-0.05, 0) is 51.0 Å². The Morgan fingerprint density at radius 1 is 1.15 bits per heavy atom. The molecule has 0 aliphatic carbocycles. The van der Waals surface area contributed by atoms with Gasteiger partial charge in [-0.2, -0.15) is 0 Å². The largest absolute Gasteiger partial charge is 0.493 e. The van der Waals surface area contributed by atoms with Crippen LogP contribution in [-0.2, 0) is 9.53 Å². The van der Waals surface area contributed by atoms with Gasteiger partial charge in [0.2, 0.25) is 0 Å². The maximum Gasteiger partial charge on any atom is 0.341 e. The molecule has 0 unspecified atom stereocenters. The number of hydrogen-bond acceptors (Lipinski definition) is 6. The van der Waals surface area contributed by atoms with Crippen molar-refractivity contribution >= 4 is 28.2 Å². The predicted octanol–water partition coefficient (Wildman–Crippen LogP) is 3.88. The molecule has 2 aromatic rings. The molecule has 1 amide bonds. The van der Waals surface area contributed by atoms with Crippen molar-refractivity contribution in [1.29, 1.82) is 0 Å². The van der Waals surface area contributed by atoms with Gasteiger partial charge in [-0.3, -0.25) is 4.79 Å². The number of rotatable bonds is 7. The van der Waals surface area contributed by atoms with Gasteiger partial charge >= 0.3 is 5.97 Å². The summed E-state index contributed by atoms with van der Waals surface area (Å²) in [6.07, 6.45) is 0.